The third-order valence-electron chi connectivity index (χ3n) is 2.13. The Hall–Kier alpha value is -2.05. The summed E-state index contributed by atoms with van der Waals surface area (Å²) < 4.78 is 38.6. The van der Waals surface area contributed by atoms with Gasteiger partial charge in [-0.15, -0.1) is 0 Å². The first-order valence-corrected chi connectivity index (χ1v) is 5.02. The van der Waals surface area contributed by atoms with Crippen LogP contribution in [-0.2, 0) is 16.0 Å². The number of amides is 1. The van der Waals surface area contributed by atoms with Gasteiger partial charge in [0.2, 0.25) is 5.91 Å². The third-order valence-corrected chi connectivity index (χ3v) is 2.13. The van der Waals surface area contributed by atoms with Gasteiger partial charge in [0.05, 0.1) is 12.8 Å². The fraction of sp³-hybridized carbons (Fsp3) is 0.273. The van der Waals surface area contributed by atoms with Crippen molar-refractivity contribution in [2.75, 3.05) is 6.54 Å². The first-order chi connectivity index (χ1) is 8.41. The minimum Gasteiger partial charge on any atom is -0.481 e. The summed E-state index contributed by atoms with van der Waals surface area (Å²) in [4.78, 5) is 21.4. The maximum absolute atomic E-state index is 13.2. The molecule has 0 aromatic heterocycles. The van der Waals surface area contributed by atoms with Gasteiger partial charge in [-0.2, -0.15) is 0 Å². The predicted octanol–water partition coefficient (Wildman–Crippen LogP) is 1.24. The van der Waals surface area contributed by atoms with Crippen molar-refractivity contribution in [2.45, 2.75) is 12.8 Å². The van der Waals surface area contributed by atoms with Crippen molar-refractivity contribution in [2.24, 2.45) is 0 Å². The zero-order chi connectivity index (χ0) is 13.7. The van der Waals surface area contributed by atoms with Crippen LogP contribution in [-0.4, -0.2) is 23.5 Å². The van der Waals surface area contributed by atoms with Gasteiger partial charge in [-0.05, 0) is 6.07 Å². The summed E-state index contributed by atoms with van der Waals surface area (Å²) in [5, 5.41) is 10.5. The maximum atomic E-state index is 13.2. The number of benzene rings is 1. The van der Waals surface area contributed by atoms with Gasteiger partial charge >= 0.3 is 5.97 Å². The molecule has 98 valence electrons. The van der Waals surface area contributed by atoms with E-state index < -0.39 is 35.7 Å². The van der Waals surface area contributed by atoms with Crippen molar-refractivity contribution >= 4 is 11.9 Å². The Labute approximate surface area is 100 Å². The highest BCUT2D eigenvalue weighted by atomic mass is 19.2. The van der Waals surface area contributed by atoms with Crippen LogP contribution in [0.5, 0.6) is 0 Å². The summed E-state index contributed by atoms with van der Waals surface area (Å²) in [5.41, 5.74) is -0.290. The lowest BCUT2D eigenvalue weighted by atomic mass is 10.1. The van der Waals surface area contributed by atoms with Crippen LogP contribution >= 0.6 is 0 Å². The average Bonchev–Trinajstić information content (AvgIpc) is 2.29. The maximum Gasteiger partial charge on any atom is 0.305 e. The van der Waals surface area contributed by atoms with Crippen LogP contribution in [0.25, 0.3) is 0 Å². The van der Waals surface area contributed by atoms with Crippen LogP contribution in [0.3, 0.4) is 0 Å². The van der Waals surface area contributed by atoms with Gasteiger partial charge in [0.15, 0.2) is 17.5 Å². The summed E-state index contributed by atoms with van der Waals surface area (Å²) in [6.45, 7) is -0.112. The largest absolute Gasteiger partial charge is 0.481 e. The second-order valence-corrected chi connectivity index (χ2v) is 3.50. The molecule has 0 fully saturated rings. The topological polar surface area (TPSA) is 66.4 Å². The molecule has 18 heavy (non-hydrogen) atoms. The molecule has 2 N–H and O–H groups in total. The number of aliphatic carboxylic acids is 1. The van der Waals surface area contributed by atoms with E-state index in [1.54, 1.807) is 0 Å². The van der Waals surface area contributed by atoms with Gasteiger partial charge in [-0.1, -0.05) is 6.07 Å². The average molecular weight is 261 g/mol. The summed E-state index contributed by atoms with van der Waals surface area (Å²) >= 11 is 0. The van der Waals surface area contributed by atoms with E-state index in [1.807, 2.05) is 0 Å². The van der Waals surface area contributed by atoms with Gasteiger partial charge in [-0.3, -0.25) is 9.59 Å². The number of carboxylic acid groups (broad SMARTS) is 1. The molecule has 0 atom stereocenters. The van der Waals surface area contributed by atoms with Crippen LogP contribution in [0.4, 0.5) is 13.2 Å². The highest BCUT2D eigenvalue weighted by Gasteiger charge is 2.15. The molecule has 1 rings (SSSR count). The Kier molecular flexibility index (Phi) is 4.70. The Bertz CT molecular complexity index is 477. The smallest absolute Gasteiger partial charge is 0.305 e. The first-order valence-electron chi connectivity index (χ1n) is 5.02. The third kappa shape index (κ3) is 3.76. The van der Waals surface area contributed by atoms with Crippen molar-refractivity contribution in [1.29, 1.82) is 0 Å². The minimum absolute atomic E-state index is 0.112. The standard InChI is InChI=1S/C11H10F3NO3/c12-7-2-1-6(10(13)11(7)14)5-8(16)15-4-3-9(17)18/h1-2H,3-5H2,(H,15,16)(H,17,18). The van der Waals surface area contributed by atoms with E-state index in [-0.39, 0.29) is 18.5 Å². The number of carboxylic acids is 1. The molecule has 1 amide bonds. The molecule has 1 aromatic carbocycles. The van der Waals surface area contributed by atoms with Gasteiger partial charge < -0.3 is 10.4 Å². The molecule has 0 radical (unpaired) electrons. The van der Waals surface area contributed by atoms with E-state index in [9.17, 15) is 22.8 Å². The molecule has 0 heterocycles. The lowest BCUT2D eigenvalue weighted by Gasteiger charge is -2.05. The van der Waals surface area contributed by atoms with E-state index in [0.717, 1.165) is 12.1 Å². The molecule has 4 nitrogen and oxygen atoms in total. The SMILES string of the molecule is O=C(O)CCNC(=O)Cc1ccc(F)c(F)c1F. The summed E-state index contributed by atoms with van der Waals surface area (Å²) in [5.74, 6) is -6.13. The number of nitrogens with one attached hydrogen (secondary N) is 1. The first kappa shape index (κ1) is 14.0. The van der Waals surface area contributed by atoms with Gasteiger partial charge in [0, 0.05) is 12.1 Å². The number of hydrogen-bond donors (Lipinski definition) is 2. The monoisotopic (exact) mass is 261 g/mol. The zero-order valence-corrected chi connectivity index (χ0v) is 9.17. The van der Waals surface area contributed by atoms with E-state index in [2.05, 4.69) is 5.32 Å². The Morgan fingerprint density at radius 2 is 1.83 bits per heavy atom. The van der Waals surface area contributed by atoms with Crippen LogP contribution < -0.4 is 5.32 Å². The summed E-state index contributed by atoms with van der Waals surface area (Å²) in [6, 6.07) is 1.68. The van der Waals surface area contributed by atoms with E-state index in [1.165, 1.54) is 0 Å². The Morgan fingerprint density at radius 1 is 1.17 bits per heavy atom. The Balaban J connectivity index is 2.60. The lowest BCUT2D eigenvalue weighted by molar-refractivity contribution is -0.136. The molecule has 7 heteroatoms. The van der Waals surface area contributed by atoms with Crippen LogP contribution in [0.1, 0.15) is 12.0 Å². The molecule has 0 saturated carbocycles. The predicted molar refractivity (Wildman–Crippen MR) is 55.3 cm³/mol. The fourth-order valence-corrected chi connectivity index (χ4v) is 1.25. The molecule has 0 aliphatic heterocycles. The molecule has 0 aliphatic carbocycles. The highest BCUT2D eigenvalue weighted by molar-refractivity contribution is 5.79. The lowest BCUT2D eigenvalue weighted by Crippen LogP contribution is -2.27. The quantitative estimate of drug-likeness (QED) is 0.783. The molecule has 1 aromatic rings. The normalized spacial score (nSPS) is 10.2. The van der Waals surface area contributed by atoms with Crippen LogP contribution in [0, 0.1) is 17.5 Å². The number of carbonyl (C=O) groups excluding carboxylic acids is 1. The van der Waals surface area contributed by atoms with Crippen molar-refractivity contribution < 1.29 is 27.9 Å². The second kappa shape index (κ2) is 6.04. The number of rotatable bonds is 5. The zero-order valence-electron chi connectivity index (χ0n) is 9.17. The molecule has 0 unspecified atom stereocenters. The van der Waals surface area contributed by atoms with Crippen molar-refractivity contribution in [3.63, 3.8) is 0 Å². The number of hydrogen-bond acceptors (Lipinski definition) is 2. The minimum atomic E-state index is -1.63. The van der Waals surface area contributed by atoms with Crippen molar-refractivity contribution in [3.05, 3.63) is 35.1 Å². The van der Waals surface area contributed by atoms with Gasteiger partial charge in [-0.25, -0.2) is 13.2 Å². The molecule has 0 bridgehead atoms. The number of carbonyl (C=O) groups is 2. The van der Waals surface area contributed by atoms with Crippen molar-refractivity contribution in [3.8, 4) is 0 Å². The summed E-state index contributed by atoms with van der Waals surface area (Å²) in [7, 11) is 0. The van der Waals surface area contributed by atoms with E-state index in [0.29, 0.717) is 0 Å². The molecule has 0 aliphatic rings. The van der Waals surface area contributed by atoms with Crippen LogP contribution in [0.2, 0.25) is 0 Å². The molecule has 0 saturated heterocycles. The highest BCUT2D eigenvalue weighted by Crippen LogP contribution is 2.15. The van der Waals surface area contributed by atoms with Gasteiger partial charge in [0.25, 0.3) is 0 Å². The van der Waals surface area contributed by atoms with E-state index in [4.69, 9.17) is 5.11 Å². The Morgan fingerprint density at radius 3 is 2.44 bits per heavy atom. The fourth-order valence-electron chi connectivity index (χ4n) is 1.25. The van der Waals surface area contributed by atoms with Gasteiger partial charge in [0.1, 0.15) is 0 Å². The van der Waals surface area contributed by atoms with E-state index >= 15 is 0 Å². The molecular weight excluding hydrogens is 251 g/mol. The molecule has 0 spiro atoms. The van der Waals surface area contributed by atoms with Crippen LogP contribution in [0.15, 0.2) is 12.1 Å². The van der Waals surface area contributed by atoms with Crippen molar-refractivity contribution in [1.82, 2.24) is 5.32 Å². The summed E-state index contributed by atoms with van der Waals surface area (Å²) in [6.07, 6.45) is -0.755. The number of halogens is 3. The second-order valence-electron chi connectivity index (χ2n) is 3.50. The molecular formula is C11H10F3NO3.